The standard InChI is InChI=1S/C26H24N8O2/c1-26(7-8-26)20-10-21(36-33-20)32-25(35)31-19-5-4-15(16-6-9-28-11-17(16)19)18-12-34(14-2-3-14)24-22(18)23(27)29-13-30-24/h4-6,9-14H,2-3,7-8H2,1H3,(H2,27,29,30)(H2,31,32,35). The van der Waals surface area contributed by atoms with Gasteiger partial charge in [-0.25, -0.2) is 14.8 Å². The normalized spacial score (nSPS) is 16.4. The number of amides is 2. The van der Waals surface area contributed by atoms with Crippen molar-refractivity contribution in [2.45, 2.75) is 44.1 Å². The minimum Gasteiger partial charge on any atom is -0.383 e. The largest absolute Gasteiger partial charge is 0.383 e. The molecule has 2 saturated carbocycles. The Hall–Kier alpha value is -4.47. The van der Waals surface area contributed by atoms with E-state index in [0.717, 1.165) is 64.3 Å². The lowest BCUT2D eigenvalue weighted by Crippen LogP contribution is -2.19. The van der Waals surface area contributed by atoms with Crippen LogP contribution >= 0.6 is 0 Å². The first kappa shape index (κ1) is 20.9. The number of fused-ring (bicyclic) bond motifs is 2. The zero-order valence-electron chi connectivity index (χ0n) is 19.7. The summed E-state index contributed by atoms with van der Waals surface area (Å²) in [6.45, 7) is 2.14. The van der Waals surface area contributed by atoms with Gasteiger partial charge in [-0.2, -0.15) is 0 Å². The van der Waals surface area contributed by atoms with Gasteiger partial charge in [0.15, 0.2) is 0 Å². The predicted molar refractivity (Wildman–Crippen MR) is 137 cm³/mol. The second-order valence-electron chi connectivity index (χ2n) is 9.94. The number of hydrogen-bond donors (Lipinski definition) is 3. The van der Waals surface area contributed by atoms with Crippen molar-refractivity contribution in [3.8, 4) is 11.1 Å². The third kappa shape index (κ3) is 3.36. The quantitative estimate of drug-likeness (QED) is 0.312. The highest BCUT2D eigenvalue weighted by Gasteiger charge is 2.42. The van der Waals surface area contributed by atoms with Gasteiger partial charge >= 0.3 is 6.03 Å². The van der Waals surface area contributed by atoms with E-state index >= 15 is 0 Å². The number of carbonyl (C=O) groups is 1. The van der Waals surface area contributed by atoms with Crippen molar-refractivity contribution in [3.05, 3.63) is 54.9 Å². The van der Waals surface area contributed by atoms with Crippen molar-refractivity contribution in [1.29, 1.82) is 0 Å². The molecular weight excluding hydrogens is 456 g/mol. The second-order valence-corrected chi connectivity index (χ2v) is 9.94. The molecule has 0 radical (unpaired) electrons. The maximum absolute atomic E-state index is 12.8. The fraction of sp³-hybridized carbons (Fsp3) is 0.269. The number of benzene rings is 1. The number of pyridine rings is 1. The van der Waals surface area contributed by atoms with Crippen molar-refractivity contribution >= 4 is 45.2 Å². The number of nitrogens with two attached hydrogens (primary N) is 1. The molecule has 1 aromatic carbocycles. The van der Waals surface area contributed by atoms with E-state index in [0.29, 0.717) is 23.4 Å². The smallest absolute Gasteiger partial charge is 0.326 e. The van der Waals surface area contributed by atoms with Crippen LogP contribution in [0.5, 0.6) is 0 Å². The SMILES string of the molecule is CC1(c2cc(NC(=O)Nc3ccc(-c4cn(C5CC5)c5ncnc(N)c45)c4ccncc34)on2)CC1. The van der Waals surface area contributed by atoms with E-state index in [1.54, 1.807) is 18.5 Å². The lowest BCUT2D eigenvalue weighted by molar-refractivity contribution is 0.261. The van der Waals surface area contributed by atoms with Gasteiger partial charge < -0.3 is 20.1 Å². The molecule has 5 aromatic rings. The molecule has 10 nitrogen and oxygen atoms in total. The second kappa shape index (κ2) is 7.51. The van der Waals surface area contributed by atoms with Crippen LogP contribution in [0, 0.1) is 0 Å². The molecule has 0 aliphatic heterocycles. The molecule has 0 bridgehead atoms. The van der Waals surface area contributed by atoms with Gasteiger partial charge in [-0.1, -0.05) is 18.1 Å². The zero-order valence-corrected chi connectivity index (χ0v) is 19.7. The van der Waals surface area contributed by atoms with Gasteiger partial charge in [-0.15, -0.1) is 0 Å². The number of rotatable bonds is 5. The summed E-state index contributed by atoms with van der Waals surface area (Å²) in [4.78, 5) is 25.9. The van der Waals surface area contributed by atoms with E-state index in [2.05, 4.69) is 48.4 Å². The van der Waals surface area contributed by atoms with Crippen LogP contribution in [0.3, 0.4) is 0 Å². The Balaban J connectivity index is 1.24. The van der Waals surface area contributed by atoms with Crippen molar-refractivity contribution in [2.75, 3.05) is 16.4 Å². The summed E-state index contributed by atoms with van der Waals surface area (Å²) in [5.41, 5.74) is 10.7. The molecule has 0 atom stereocenters. The Kier molecular flexibility index (Phi) is 4.35. The molecule has 4 heterocycles. The fourth-order valence-corrected chi connectivity index (χ4v) is 4.81. The van der Waals surface area contributed by atoms with Crippen molar-refractivity contribution in [1.82, 2.24) is 24.7 Å². The highest BCUT2D eigenvalue weighted by atomic mass is 16.5. The summed E-state index contributed by atoms with van der Waals surface area (Å²) in [5.74, 6) is 0.766. The zero-order chi connectivity index (χ0) is 24.4. The van der Waals surface area contributed by atoms with Crippen LogP contribution in [0.4, 0.5) is 22.2 Å². The van der Waals surface area contributed by atoms with Gasteiger partial charge in [0.05, 0.1) is 16.8 Å². The van der Waals surface area contributed by atoms with Crippen molar-refractivity contribution in [3.63, 3.8) is 0 Å². The Bertz CT molecular complexity index is 1660. The van der Waals surface area contributed by atoms with Gasteiger partial charge in [0.1, 0.15) is 17.8 Å². The highest BCUT2D eigenvalue weighted by Crippen LogP contribution is 2.47. The third-order valence-corrected chi connectivity index (χ3v) is 7.30. The molecule has 2 fully saturated rings. The summed E-state index contributed by atoms with van der Waals surface area (Å²) in [6.07, 6.45) is 11.5. The first-order valence-electron chi connectivity index (χ1n) is 12.0. The molecule has 2 amide bonds. The van der Waals surface area contributed by atoms with E-state index in [-0.39, 0.29) is 5.41 Å². The van der Waals surface area contributed by atoms with Gasteiger partial charge in [0.2, 0.25) is 5.88 Å². The Morgan fingerprint density at radius 2 is 2.00 bits per heavy atom. The molecule has 2 aliphatic carbocycles. The van der Waals surface area contributed by atoms with Crippen molar-refractivity contribution in [2.24, 2.45) is 0 Å². The molecule has 0 unspecified atom stereocenters. The number of aromatic nitrogens is 5. The number of nitrogen functional groups attached to an aromatic ring is 1. The number of anilines is 3. The maximum atomic E-state index is 12.8. The van der Waals surface area contributed by atoms with Crippen LogP contribution in [0.25, 0.3) is 32.9 Å². The molecule has 0 saturated heterocycles. The van der Waals surface area contributed by atoms with Crippen LogP contribution in [0.2, 0.25) is 0 Å². The van der Waals surface area contributed by atoms with E-state index in [1.807, 2.05) is 18.2 Å². The molecule has 7 rings (SSSR count). The van der Waals surface area contributed by atoms with E-state index in [1.165, 1.54) is 6.33 Å². The molecule has 36 heavy (non-hydrogen) atoms. The number of urea groups is 1. The van der Waals surface area contributed by atoms with Crippen LogP contribution in [-0.4, -0.2) is 30.7 Å². The summed E-state index contributed by atoms with van der Waals surface area (Å²) in [7, 11) is 0. The molecular formula is C26H24N8O2. The lowest BCUT2D eigenvalue weighted by Gasteiger charge is -2.12. The summed E-state index contributed by atoms with van der Waals surface area (Å²) in [6, 6.07) is 7.60. The molecule has 4 aromatic heterocycles. The van der Waals surface area contributed by atoms with E-state index in [9.17, 15) is 4.79 Å². The van der Waals surface area contributed by atoms with Crippen LogP contribution < -0.4 is 16.4 Å². The van der Waals surface area contributed by atoms with Crippen LogP contribution in [0.15, 0.2) is 53.7 Å². The molecule has 180 valence electrons. The van der Waals surface area contributed by atoms with Gasteiger partial charge in [-0.3, -0.25) is 10.3 Å². The number of nitrogens with one attached hydrogen (secondary N) is 2. The first-order valence-corrected chi connectivity index (χ1v) is 12.0. The average Bonchev–Trinajstić information content (AvgIpc) is 3.78. The minimum atomic E-state index is -0.417. The van der Waals surface area contributed by atoms with Crippen LogP contribution in [-0.2, 0) is 5.41 Å². The summed E-state index contributed by atoms with van der Waals surface area (Å²) in [5, 5.41) is 12.3. The molecule has 4 N–H and O–H groups in total. The molecule has 2 aliphatic rings. The Labute approximate surface area is 205 Å². The van der Waals surface area contributed by atoms with E-state index in [4.69, 9.17) is 10.3 Å². The predicted octanol–water partition coefficient (Wildman–Crippen LogP) is 5.25. The third-order valence-electron chi connectivity index (χ3n) is 7.30. The topological polar surface area (TPSA) is 137 Å². The van der Waals surface area contributed by atoms with E-state index < -0.39 is 6.03 Å². The minimum absolute atomic E-state index is 0.0642. The fourth-order valence-electron chi connectivity index (χ4n) is 4.81. The molecule has 10 heteroatoms. The van der Waals surface area contributed by atoms with Crippen molar-refractivity contribution < 1.29 is 9.32 Å². The summed E-state index contributed by atoms with van der Waals surface area (Å²) < 4.78 is 7.52. The monoisotopic (exact) mass is 480 g/mol. The molecule has 0 spiro atoms. The first-order chi connectivity index (χ1) is 17.5. The van der Waals surface area contributed by atoms with Gasteiger partial charge in [-0.05, 0) is 48.8 Å². The summed E-state index contributed by atoms with van der Waals surface area (Å²) >= 11 is 0. The van der Waals surface area contributed by atoms with Gasteiger partial charge in [0, 0.05) is 47.1 Å². The highest BCUT2D eigenvalue weighted by molar-refractivity contribution is 6.12. The maximum Gasteiger partial charge on any atom is 0.326 e. The average molecular weight is 481 g/mol. The van der Waals surface area contributed by atoms with Crippen LogP contribution in [0.1, 0.15) is 44.3 Å². The number of nitrogens with zero attached hydrogens (tertiary/aromatic N) is 5. The van der Waals surface area contributed by atoms with Gasteiger partial charge in [0.25, 0.3) is 0 Å². The Morgan fingerprint density at radius 3 is 2.81 bits per heavy atom. The Morgan fingerprint density at radius 1 is 1.14 bits per heavy atom. The number of carbonyl (C=O) groups excluding carboxylic acids is 1. The number of hydrogen-bond acceptors (Lipinski definition) is 7. The lowest BCUT2D eigenvalue weighted by atomic mass is 9.98.